The van der Waals surface area contributed by atoms with Crippen LogP contribution in [0.25, 0.3) is 0 Å². The smallest absolute Gasteiger partial charge is 0.308 e. The number of carbonyl (C=O) groups excluding carboxylic acids is 1. The summed E-state index contributed by atoms with van der Waals surface area (Å²) in [6.45, 7) is -0.000690. The Morgan fingerprint density at radius 2 is 1.81 bits per heavy atom. The summed E-state index contributed by atoms with van der Waals surface area (Å²) < 4.78 is 53.3. The van der Waals surface area contributed by atoms with Crippen LogP contribution < -0.4 is 9.62 Å². The van der Waals surface area contributed by atoms with Crippen LogP contribution in [-0.2, 0) is 19.6 Å². The minimum Gasteiger partial charge on any atom is -0.481 e. The SMILES string of the molecule is O=C(O)[C@@H]1CC(=O)N(c2ccc(S(=O)(=O)Nc3ccc(F)cc3F)cc2)C1. The summed E-state index contributed by atoms with van der Waals surface area (Å²) in [6, 6.07) is 7.57. The molecule has 0 radical (unpaired) electrons. The fraction of sp³-hybridized carbons (Fsp3) is 0.176. The number of benzene rings is 2. The lowest BCUT2D eigenvalue weighted by atomic mass is 10.1. The molecular weight excluding hydrogens is 382 g/mol. The van der Waals surface area contributed by atoms with Gasteiger partial charge in [-0.3, -0.25) is 14.3 Å². The van der Waals surface area contributed by atoms with Gasteiger partial charge in [0.15, 0.2) is 0 Å². The molecular formula is C17H14F2N2O5S. The topological polar surface area (TPSA) is 104 Å². The van der Waals surface area contributed by atoms with Crippen molar-refractivity contribution in [3.8, 4) is 0 Å². The first-order valence-electron chi connectivity index (χ1n) is 7.78. The van der Waals surface area contributed by atoms with Gasteiger partial charge in [-0.05, 0) is 36.4 Å². The molecule has 0 aromatic heterocycles. The van der Waals surface area contributed by atoms with E-state index in [4.69, 9.17) is 5.11 Å². The summed E-state index contributed by atoms with van der Waals surface area (Å²) in [4.78, 5) is 24.0. The summed E-state index contributed by atoms with van der Waals surface area (Å²) in [5, 5.41) is 9.01. The fourth-order valence-electron chi connectivity index (χ4n) is 2.70. The number of amides is 1. The number of halogens is 2. The molecule has 142 valence electrons. The van der Waals surface area contributed by atoms with Gasteiger partial charge in [0, 0.05) is 24.7 Å². The lowest BCUT2D eigenvalue weighted by Gasteiger charge is -2.16. The van der Waals surface area contributed by atoms with Crippen molar-refractivity contribution in [2.24, 2.45) is 5.92 Å². The van der Waals surface area contributed by atoms with Crippen LogP contribution in [0.5, 0.6) is 0 Å². The summed E-state index contributed by atoms with van der Waals surface area (Å²) in [6.07, 6.45) is -0.124. The number of anilines is 2. The predicted octanol–water partition coefficient (Wildman–Crippen LogP) is 2.20. The van der Waals surface area contributed by atoms with Crippen molar-refractivity contribution in [3.05, 3.63) is 54.1 Å². The van der Waals surface area contributed by atoms with Crippen molar-refractivity contribution in [2.45, 2.75) is 11.3 Å². The molecule has 0 unspecified atom stereocenters. The molecule has 1 atom stereocenters. The van der Waals surface area contributed by atoms with E-state index in [0.717, 1.165) is 12.1 Å². The third-order valence-corrected chi connectivity index (χ3v) is 5.49. The number of aliphatic carboxylic acids is 1. The Bertz CT molecular complexity index is 1010. The summed E-state index contributed by atoms with van der Waals surface area (Å²) in [7, 11) is -4.14. The molecule has 0 spiro atoms. The average Bonchev–Trinajstić information content (AvgIpc) is 3.00. The van der Waals surface area contributed by atoms with Gasteiger partial charge in [0.2, 0.25) is 5.91 Å². The number of carboxylic acids is 1. The van der Waals surface area contributed by atoms with Gasteiger partial charge in [0.1, 0.15) is 11.6 Å². The van der Waals surface area contributed by atoms with Crippen molar-refractivity contribution in [1.29, 1.82) is 0 Å². The maximum absolute atomic E-state index is 13.7. The highest BCUT2D eigenvalue weighted by molar-refractivity contribution is 7.92. The summed E-state index contributed by atoms with van der Waals surface area (Å²) in [5.41, 5.74) is -0.0461. The van der Waals surface area contributed by atoms with E-state index in [1.54, 1.807) is 0 Å². The molecule has 1 amide bonds. The molecule has 0 bridgehead atoms. The second-order valence-corrected chi connectivity index (χ2v) is 7.65. The number of hydrogen-bond donors (Lipinski definition) is 2. The second-order valence-electron chi connectivity index (χ2n) is 5.97. The first kappa shape index (κ1) is 18.8. The van der Waals surface area contributed by atoms with Gasteiger partial charge < -0.3 is 10.0 Å². The first-order valence-corrected chi connectivity index (χ1v) is 9.27. The molecule has 2 N–H and O–H groups in total. The van der Waals surface area contributed by atoms with Crippen LogP contribution >= 0.6 is 0 Å². The molecule has 3 rings (SSSR count). The van der Waals surface area contributed by atoms with E-state index in [0.29, 0.717) is 11.8 Å². The lowest BCUT2D eigenvalue weighted by molar-refractivity contribution is -0.141. The third-order valence-electron chi connectivity index (χ3n) is 4.11. The molecule has 2 aromatic rings. The Hall–Kier alpha value is -3.01. The van der Waals surface area contributed by atoms with Crippen molar-refractivity contribution in [3.63, 3.8) is 0 Å². The zero-order chi connectivity index (χ0) is 19.8. The van der Waals surface area contributed by atoms with E-state index >= 15 is 0 Å². The van der Waals surface area contributed by atoms with Gasteiger partial charge in [-0.25, -0.2) is 17.2 Å². The van der Waals surface area contributed by atoms with Crippen LogP contribution in [0.1, 0.15) is 6.42 Å². The summed E-state index contributed by atoms with van der Waals surface area (Å²) >= 11 is 0. The number of carbonyl (C=O) groups is 2. The number of sulfonamides is 1. The monoisotopic (exact) mass is 396 g/mol. The average molecular weight is 396 g/mol. The molecule has 27 heavy (non-hydrogen) atoms. The molecule has 1 heterocycles. The molecule has 7 nitrogen and oxygen atoms in total. The molecule has 1 aliphatic heterocycles. The van der Waals surface area contributed by atoms with Gasteiger partial charge in [-0.2, -0.15) is 0 Å². The maximum atomic E-state index is 13.7. The molecule has 0 aliphatic carbocycles. The molecule has 1 aliphatic rings. The maximum Gasteiger partial charge on any atom is 0.308 e. The molecule has 2 aromatic carbocycles. The van der Waals surface area contributed by atoms with Gasteiger partial charge >= 0.3 is 5.97 Å². The van der Waals surface area contributed by atoms with Gasteiger partial charge in [-0.15, -0.1) is 0 Å². The Kier molecular flexibility index (Phi) is 4.83. The summed E-state index contributed by atoms with van der Waals surface area (Å²) in [5.74, 6) is -4.16. The zero-order valence-electron chi connectivity index (χ0n) is 13.7. The second kappa shape index (κ2) is 6.95. The Labute approximate surface area is 153 Å². The third kappa shape index (κ3) is 3.90. The van der Waals surface area contributed by atoms with E-state index in [1.807, 2.05) is 4.72 Å². The highest BCUT2D eigenvalue weighted by Gasteiger charge is 2.35. The number of hydrogen-bond acceptors (Lipinski definition) is 4. The van der Waals surface area contributed by atoms with Gasteiger partial charge in [0.25, 0.3) is 10.0 Å². The van der Waals surface area contributed by atoms with Crippen LogP contribution in [-0.4, -0.2) is 31.9 Å². The minimum absolute atomic E-state index is 0.000690. The first-order chi connectivity index (χ1) is 12.7. The number of rotatable bonds is 5. The highest BCUT2D eigenvalue weighted by Crippen LogP contribution is 2.27. The Balaban J connectivity index is 1.80. The van der Waals surface area contributed by atoms with Crippen LogP contribution in [0, 0.1) is 17.6 Å². The van der Waals surface area contributed by atoms with E-state index in [1.165, 1.54) is 29.2 Å². The fourth-order valence-corrected chi connectivity index (χ4v) is 3.77. The van der Waals surface area contributed by atoms with Crippen LogP contribution in [0.15, 0.2) is 47.4 Å². The predicted molar refractivity (Wildman–Crippen MR) is 91.7 cm³/mol. The Morgan fingerprint density at radius 1 is 1.15 bits per heavy atom. The largest absolute Gasteiger partial charge is 0.481 e. The molecule has 0 saturated carbocycles. The van der Waals surface area contributed by atoms with E-state index in [-0.39, 0.29) is 23.8 Å². The van der Waals surface area contributed by atoms with Crippen molar-refractivity contribution >= 4 is 33.3 Å². The number of carboxylic acid groups (broad SMARTS) is 1. The van der Waals surface area contributed by atoms with Crippen LogP contribution in [0.4, 0.5) is 20.2 Å². The molecule has 10 heteroatoms. The minimum atomic E-state index is -4.14. The van der Waals surface area contributed by atoms with Crippen molar-refractivity contribution in [1.82, 2.24) is 0 Å². The van der Waals surface area contributed by atoms with E-state index < -0.39 is 39.2 Å². The standard InChI is InChI=1S/C17H14F2N2O5S/c18-11-1-6-15(14(19)8-11)20-27(25,26)13-4-2-12(3-5-13)21-9-10(17(23)24)7-16(21)22/h1-6,8,10,20H,7,9H2,(H,23,24)/t10-/m1/s1. The van der Waals surface area contributed by atoms with Gasteiger partial charge in [-0.1, -0.05) is 0 Å². The van der Waals surface area contributed by atoms with E-state index in [9.17, 15) is 26.8 Å². The highest BCUT2D eigenvalue weighted by atomic mass is 32.2. The van der Waals surface area contributed by atoms with E-state index in [2.05, 4.69) is 0 Å². The molecule has 1 fully saturated rings. The van der Waals surface area contributed by atoms with Crippen molar-refractivity contribution < 1.29 is 31.9 Å². The van der Waals surface area contributed by atoms with Crippen LogP contribution in [0.2, 0.25) is 0 Å². The number of nitrogens with one attached hydrogen (secondary N) is 1. The normalized spacial score (nSPS) is 17.2. The number of nitrogens with zero attached hydrogens (tertiary/aromatic N) is 1. The quantitative estimate of drug-likeness (QED) is 0.807. The molecule has 1 saturated heterocycles. The lowest BCUT2D eigenvalue weighted by Crippen LogP contribution is -2.25. The zero-order valence-corrected chi connectivity index (χ0v) is 14.5. The van der Waals surface area contributed by atoms with Crippen LogP contribution in [0.3, 0.4) is 0 Å². The van der Waals surface area contributed by atoms with Gasteiger partial charge in [0.05, 0.1) is 16.5 Å². The Morgan fingerprint density at radius 3 is 2.37 bits per heavy atom. The van der Waals surface area contributed by atoms with Crippen molar-refractivity contribution in [2.75, 3.05) is 16.2 Å².